The second kappa shape index (κ2) is 9.32. The molecule has 7 heteroatoms. The summed E-state index contributed by atoms with van der Waals surface area (Å²) in [5.74, 6) is -1.84. The summed E-state index contributed by atoms with van der Waals surface area (Å²) in [7, 11) is 0. The van der Waals surface area contributed by atoms with Gasteiger partial charge in [-0.2, -0.15) is 0 Å². The van der Waals surface area contributed by atoms with Gasteiger partial charge >= 0.3 is 0 Å². The van der Waals surface area contributed by atoms with Gasteiger partial charge in [-0.05, 0) is 36.2 Å². The minimum Gasteiger partial charge on any atom is -0.368 e. The third-order valence-electron chi connectivity index (χ3n) is 5.07. The molecule has 0 aromatic heterocycles. The molecule has 2 amide bonds. The summed E-state index contributed by atoms with van der Waals surface area (Å²) in [6, 6.07) is 13.7. The fourth-order valence-electron chi connectivity index (χ4n) is 3.31. The van der Waals surface area contributed by atoms with Crippen molar-refractivity contribution in [3.63, 3.8) is 0 Å². The minimum absolute atomic E-state index is 0.0129. The molecule has 0 saturated carbocycles. The van der Waals surface area contributed by atoms with Gasteiger partial charge in [0.05, 0.1) is 6.54 Å². The van der Waals surface area contributed by atoms with Gasteiger partial charge in [0.15, 0.2) is 0 Å². The fourth-order valence-corrected chi connectivity index (χ4v) is 3.31. The number of piperazine rings is 1. The van der Waals surface area contributed by atoms with E-state index in [1.807, 2.05) is 42.2 Å². The first-order valence-electron chi connectivity index (χ1n) is 9.58. The molecule has 0 spiro atoms. The summed E-state index contributed by atoms with van der Waals surface area (Å²) in [5, 5.41) is 2.43. The number of halogens is 1. The third-order valence-corrected chi connectivity index (χ3v) is 5.07. The van der Waals surface area contributed by atoms with Crippen molar-refractivity contribution in [1.82, 2.24) is 10.2 Å². The molecular weight excluding hydrogens is 373 g/mol. The molecule has 0 unspecified atom stereocenters. The highest BCUT2D eigenvalue weighted by molar-refractivity contribution is 6.36. The average molecular weight is 397 g/mol. The first kappa shape index (κ1) is 20.5. The van der Waals surface area contributed by atoms with E-state index in [4.69, 9.17) is 0 Å². The molecule has 6 nitrogen and oxygen atoms in total. The zero-order valence-corrected chi connectivity index (χ0v) is 16.4. The van der Waals surface area contributed by atoms with E-state index >= 15 is 0 Å². The Morgan fingerprint density at radius 1 is 1.00 bits per heavy atom. The maximum Gasteiger partial charge on any atom is 0.288 e. The van der Waals surface area contributed by atoms with Gasteiger partial charge in [0.25, 0.3) is 5.91 Å². The van der Waals surface area contributed by atoms with E-state index in [0.29, 0.717) is 26.2 Å². The topological polar surface area (TPSA) is 69.7 Å². The molecule has 152 valence electrons. The van der Waals surface area contributed by atoms with Crippen LogP contribution < -0.4 is 10.2 Å². The molecule has 3 rings (SSSR count). The van der Waals surface area contributed by atoms with Gasteiger partial charge in [-0.25, -0.2) is 4.39 Å². The Labute approximate surface area is 169 Å². The maximum atomic E-state index is 13.4. The lowest BCUT2D eigenvalue weighted by Gasteiger charge is -2.36. The Morgan fingerprint density at radius 2 is 1.72 bits per heavy atom. The average Bonchev–Trinajstić information content (AvgIpc) is 2.73. The number of hydrogen-bond acceptors (Lipinski definition) is 4. The van der Waals surface area contributed by atoms with Gasteiger partial charge in [0, 0.05) is 38.3 Å². The van der Waals surface area contributed by atoms with E-state index in [1.54, 1.807) is 11.0 Å². The van der Waals surface area contributed by atoms with Crippen LogP contribution in [0.5, 0.6) is 0 Å². The molecule has 1 aliphatic rings. The van der Waals surface area contributed by atoms with Crippen LogP contribution in [0.25, 0.3) is 0 Å². The lowest BCUT2D eigenvalue weighted by molar-refractivity contribution is -0.139. The molecule has 1 N–H and O–H groups in total. The molecule has 2 aromatic rings. The van der Waals surface area contributed by atoms with E-state index in [2.05, 4.69) is 5.32 Å². The van der Waals surface area contributed by atoms with Crippen LogP contribution in [-0.4, -0.2) is 55.2 Å². The Hall–Kier alpha value is -3.22. The van der Waals surface area contributed by atoms with Crippen LogP contribution >= 0.6 is 0 Å². The van der Waals surface area contributed by atoms with E-state index in [-0.39, 0.29) is 24.7 Å². The summed E-state index contributed by atoms with van der Waals surface area (Å²) in [6.45, 7) is 3.78. The van der Waals surface area contributed by atoms with Crippen molar-refractivity contribution in [2.75, 3.05) is 37.6 Å². The number of rotatable bonds is 6. The van der Waals surface area contributed by atoms with Crippen LogP contribution in [0.2, 0.25) is 0 Å². The van der Waals surface area contributed by atoms with Crippen LogP contribution in [0.3, 0.4) is 0 Å². The predicted octanol–water partition coefficient (Wildman–Crippen LogP) is 1.71. The van der Waals surface area contributed by atoms with Gasteiger partial charge in [-0.3, -0.25) is 14.4 Å². The van der Waals surface area contributed by atoms with Crippen molar-refractivity contribution in [1.29, 1.82) is 0 Å². The second-order valence-corrected chi connectivity index (χ2v) is 7.06. The predicted molar refractivity (Wildman–Crippen MR) is 108 cm³/mol. The summed E-state index contributed by atoms with van der Waals surface area (Å²) >= 11 is 0. The number of hydrogen-bond donors (Lipinski definition) is 1. The highest BCUT2D eigenvalue weighted by Gasteiger charge is 2.23. The molecule has 0 bridgehead atoms. The molecule has 1 saturated heterocycles. The van der Waals surface area contributed by atoms with Crippen LogP contribution in [-0.2, 0) is 20.8 Å². The van der Waals surface area contributed by atoms with Crippen molar-refractivity contribution >= 4 is 23.3 Å². The Morgan fingerprint density at radius 3 is 2.41 bits per heavy atom. The number of Topliss-reactive ketones (excluding diaryl/α,β-unsaturated/α-hetero) is 1. The molecule has 0 radical (unpaired) electrons. The largest absolute Gasteiger partial charge is 0.368 e. The Balaban J connectivity index is 1.44. The number of anilines is 1. The lowest BCUT2D eigenvalue weighted by Crippen LogP contribution is -2.51. The number of amides is 2. The lowest BCUT2D eigenvalue weighted by atomic mass is 10.0. The van der Waals surface area contributed by atoms with Crippen molar-refractivity contribution in [2.24, 2.45) is 0 Å². The zero-order chi connectivity index (χ0) is 20.8. The molecular formula is C22H24FN3O3. The highest BCUT2D eigenvalue weighted by Crippen LogP contribution is 2.17. The number of carbonyl (C=O) groups excluding carboxylic acids is 3. The van der Waals surface area contributed by atoms with Crippen molar-refractivity contribution in [2.45, 2.75) is 13.3 Å². The van der Waals surface area contributed by atoms with Gasteiger partial charge in [-0.15, -0.1) is 0 Å². The smallest absolute Gasteiger partial charge is 0.288 e. The SMILES string of the molecule is Cc1ccccc1CC(=O)C(=O)NCC(=O)N1CCN(c2cccc(F)c2)CC1. The third kappa shape index (κ3) is 5.40. The van der Waals surface area contributed by atoms with Gasteiger partial charge in [0.1, 0.15) is 5.82 Å². The standard InChI is InChI=1S/C22H24FN3O3/c1-16-5-2-3-6-17(16)13-20(27)22(29)24-15-21(28)26-11-9-25(10-12-26)19-8-4-7-18(23)14-19/h2-8,14H,9-13,15H2,1H3,(H,24,29). The maximum absolute atomic E-state index is 13.4. The molecule has 0 atom stereocenters. The summed E-state index contributed by atoms with van der Waals surface area (Å²) < 4.78 is 13.4. The van der Waals surface area contributed by atoms with Gasteiger partial charge in [-0.1, -0.05) is 30.3 Å². The molecule has 1 fully saturated rings. The number of aryl methyl sites for hydroxylation is 1. The number of carbonyl (C=O) groups is 3. The summed E-state index contributed by atoms with van der Waals surface area (Å²) in [6.07, 6.45) is 0.0129. The summed E-state index contributed by atoms with van der Waals surface area (Å²) in [4.78, 5) is 40.2. The van der Waals surface area contributed by atoms with E-state index < -0.39 is 11.7 Å². The monoisotopic (exact) mass is 397 g/mol. The number of nitrogens with one attached hydrogen (secondary N) is 1. The minimum atomic E-state index is -0.750. The number of nitrogens with zero attached hydrogens (tertiary/aromatic N) is 2. The molecule has 1 heterocycles. The highest BCUT2D eigenvalue weighted by atomic mass is 19.1. The molecule has 0 aliphatic carbocycles. The number of benzene rings is 2. The number of ketones is 1. The molecule has 1 aliphatic heterocycles. The quantitative estimate of drug-likeness (QED) is 0.754. The second-order valence-electron chi connectivity index (χ2n) is 7.06. The molecule has 29 heavy (non-hydrogen) atoms. The summed E-state index contributed by atoms with van der Waals surface area (Å²) in [5.41, 5.74) is 2.53. The first-order chi connectivity index (χ1) is 13.9. The zero-order valence-electron chi connectivity index (χ0n) is 16.4. The molecule has 2 aromatic carbocycles. The van der Waals surface area contributed by atoms with E-state index in [1.165, 1.54) is 12.1 Å². The van der Waals surface area contributed by atoms with Crippen molar-refractivity contribution in [3.05, 3.63) is 65.5 Å². The van der Waals surface area contributed by atoms with Crippen LogP contribution in [0, 0.1) is 12.7 Å². The Kier molecular flexibility index (Phi) is 6.59. The van der Waals surface area contributed by atoms with Crippen molar-refractivity contribution < 1.29 is 18.8 Å². The van der Waals surface area contributed by atoms with E-state index in [9.17, 15) is 18.8 Å². The van der Waals surface area contributed by atoms with Gasteiger partial charge < -0.3 is 15.1 Å². The fraction of sp³-hybridized carbons (Fsp3) is 0.318. The van der Waals surface area contributed by atoms with Crippen LogP contribution in [0.1, 0.15) is 11.1 Å². The van der Waals surface area contributed by atoms with Crippen LogP contribution in [0.4, 0.5) is 10.1 Å². The normalized spacial score (nSPS) is 13.9. The Bertz CT molecular complexity index is 908. The first-order valence-corrected chi connectivity index (χ1v) is 9.58. The van der Waals surface area contributed by atoms with Crippen molar-refractivity contribution in [3.8, 4) is 0 Å². The van der Waals surface area contributed by atoms with E-state index in [0.717, 1.165) is 16.8 Å². The van der Waals surface area contributed by atoms with Crippen LogP contribution in [0.15, 0.2) is 48.5 Å². The van der Waals surface area contributed by atoms with Gasteiger partial charge in [0.2, 0.25) is 11.7 Å².